The first kappa shape index (κ1) is 19.9. The molecule has 3 rings (SSSR count). The molecule has 28 heavy (non-hydrogen) atoms. The van der Waals surface area contributed by atoms with Crippen molar-refractivity contribution in [1.82, 2.24) is 10.2 Å². The van der Waals surface area contributed by atoms with Crippen molar-refractivity contribution in [2.75, 3.05) is 26.7 Å². The summed E-state index contributed by atoms with van der Waals surface area (Å²) in [7, 11) is 1.63. The maximum Gasteiger partial charge on any atom is 0.253 e. The molecule has 2 atom stereocenters. The molecular weight excluding hydrogens is 352 g/mol. The fourth-order valence-electron chi connectivity index (χ4n) is 3.64. The summed E-state index contributed by atoms with van der Waals surface area (Å²) in [5, 5.41) is 3.04. The molecule has 1 aliphatic heterocycles. The number of amides is 2. The minimum absolute atomic E-state index is 0.00452. The summed E-state index contributed by atoms with van der Waals surface area (Å²) in [4.78, 5) is 27.7. The van der Waals surface area contributed by atoms with Crippen LogP contribution in [0.2, 0.25) is 0 Å². The van der Waals surface area contributed by atoms with E-state index in [2.05, 4.69) is 19.2 Å². The van der Waals surface area contributed by atoms with Gasteiger partial charge in [-0.25, -0.2) is 0 Å². The van der Waals surface area contributed by atoms with E-state index in [1.165, 1.54) is 0 Å². The number of carbonyl (C=O) groups excluding carboxylic acids is 2. The van der Waals surface area contributed by atoms with Crippen LogP contribution < -0.4 is 10.1 Å². The first-order valence-electron chi connectivity index (χ1n) is 9.75. The molecule has 5 heteroatoms. The van der Waals surface area contributed by atoms with Gasteiger partial charge < -0.3 is 15.0 Å². The highest BCUT2D eigenvalue weighted by molar-refractivity contribution is 5.95. The average molecular weight is 380 g/mol. The van der Waals surface area contributed by atoms with Crippen LogP contribution in [0.15, 0.2) is 54.6 Å². The molecule has 2 aromatic rings. The van der Waals surface area contributed by atoms with Crippen LogP contribution in [0, 0.1) is 11.8 Å². The molecule has 1 aliphatic rings. The Morgan fingerprint density at radius 3 is 2.54 bits per heavy atom. The first-order chi connectivity index (χ1) is 13.5. The Hall–Kier alpha value is -2.82. The number of benzene rings is 2. The van der Waals surface area contributed by atoms with E-state index in [1.54, 1.807) is 12.0 Å². The lowest BCUT2D eigenvalue weighted by Crippen LogP contribution is -2.37. The van der Waals surface area contributed by atoms with Crippen molar-refractivity contribution < 1.29 is 14.3 Å². The Balaban J connectivity index is 1.85. The largest absolute Gasteiger partial charge is 0.497 e. The first-order valence-corrected chi connectivity index (χ1v) is 9.75. The fourth-order valence-corrected chi connectivity index (χ4v) is 3.64. The molecule has 2 aromatic carbocycles. The molecule has 0 radical (unpaired) electrons. The van der Waals surface area contributed by atoms with Crippen molar-refractivity contribution in [3.8, 4) is 5.75 Å². The maximum absolute atomic E-state index is 13.0. The summed E-state index contributed by atoms with van der Waals surface area (Å²) in [6.45, 7) is 5.70. The zero-order valence-electron chi connectivity index (χ0n) is 16.7. The van der Waals surface area contributed by atoms with Gasteiger partial charge in [0.25, 0.3) is 5.91 Å². The van der Waals surface area contributed by atoms with Gasteiger partial charge in [-0.3, -0.25) is 9.59 Å². The highest BCUT2D eigenvalue weighted by atomic mass is 16.5. The Kier molecular flexibility index (Phi) is 6.34. The van der Waals surface area contributed by atoms with Gasteiger partial charge in [-0.05, 0) is 35.7 Å². The second kappa shape index (κ2) is 8.91. The highest BCUT2D eigenvalue weighted by Gasteiger charge is 2.40. The number of hydrogen-bond donors (Lipinski definition) is 1. The minimum atomic E-state index is -0.279. The van der Waals surface area contributed by atoms with Crippen LogP contribution >= 0.6 is 0 Å². The maximum atomic E-state index is 13.0. The standard InChI is InChI=1S/C23H28N2O3/c1-16(2)13-24-22(26)21-15-25(23(27)17-8-5-4-6-9-17)14-20(21)18-10-7-11-19(12-18)28-3/h4-12,16,20-21H,13-15H2,1-3H3,(H,24,26). The molecule has 2 unspecified atom stereocenters. The van der Waals surface area contributed by atoms with Crippen LogP contribution in [-0.2, 0) is 4.79 Å². The molecule has 5 nitrogen and oxygen atoms in total. The van der Waals surface area contributed by atoms with Gasteiger partial charge in [-0.15, -0.1) is 0 Å². The third-order valence-corrected chi connectivity index (χ3v) is 5.17. The molecule has 0 saturated carbocycles. The second-order valence-electron chi connectivity index (χ2n) is 7.70. The van der Waals surface area contributed by atoms with E-state index in [9.17, 15) is 9.59 Å². The number of likely N-dealkylation sites (tertiary alicyclic amines) is 1. The third-order valence-electron chi connectivity index (χ3n) is 5.17. The van der Waals surface area contributed by atoms with Gasteiger partial charge in [0.15, 0.2) is 0 Å². The number of ether oxygens (including phenoxy) is 1. The van der Waals surface area contributed by atoms with Crippen LogP contribution in [0.3, 0.4) is 0 Å². The predicted octanol–water partition coefficient (Wildman–Crippen LogP) is 3.32. The van der Waals surface area contributed by atoms with Gasteiger partial charge in [-0.1, -0.05) is 44.2 Å². The van der Waals surface area contributed by atoms with E-state index in [1.807, 2.05) is 54.6 Å². The number of nitrogens with one attached hydrogen (secondary N) is 1. The molecule has 1 saturated heterocycles. The summed E-state index contributed by atoms with van der Waals surface area (Å²) < 4.78 is 5.35. The smallest absolute Gasteiger partial charge is 0.253 e. The van der Waals surface area contributed by atoms with Crippen LogP contribution in [0.25, 0.3) is 0 Å². The SMILES string of the molecule is COc1cccc(C2CN(C(=O)c3ccccc3)CC2C(=O)NCC(C)C)c1. The number of hydrogen-bond acceptors (Lipinski definition) is 3. The summed E-state index contributed by atoms with van der Waals surface area (Å²) in [5.41, 5.74) is 1.67. The van der Waals surface area contributed by atoms with Crippen molar-refractivity contribution in [3.63, 3.8) is 0 Å². The second-order valence-corrected chi connectivity index (χ2v) is 7.70. The molecule has 1 heterocycles. The number of nitrogens with zero attached hydrogens (tertiary/aromatic N) is 1. The van der Waals surface area contributed by atoms with Crippen molar-refractivity contribution >= 4 is 11.8 Å². The quantitative estimate of drug-likeness (QED) is 0.836. The highest BCUT2D eigenvalue weighted by Crippen LogP contribution is 2.35. The topological polar surface area (TPSA) is 58.6 Å². The average Bonchev–Trinajstić information content (AvgIpc) is 3.17. The Morgan fingerprint density at radius 2 is 1.86 bits per heavy atom. The van der Waals surface area contributed by atoms with Gasteiger partial charge in [0.1, 0.15) is 5.75 Å². The van der Waals surface area contributed by atoms with Gasteiger partial charge in [-0.2, -0.15) is 0 Å². The fraction of sp³-hybridized carbons (Fsp3) is 0.391. The van der Waals surface area contributed by atoms with Gasteiger partial charge in [0.05, 0.1) is 13.0 Å². The predicted molar refractivity (Wildman–Crippen MR) is 109 cm³/mol. The Morgan fingerprint density at radius 1 is 1.11 bits per heavy atom. The number of carbonyl (C=O) groups is 2. The Labute approximate surface area is 166 Å². The summed E-state index contributed by atoms with van der Waals surface area (Å²) >= 11 is 0. The zero-order chi connectivity index (χ0) is 20.1. The van der Waals surface area contributed by atoms with E-state index in [0.29, 0.717) is 31.1 Å². The van der Waals surface area contributed by atoms with Crippen molar-refractivity contribution in [3.05, 3.63) is 65.7 Å². The van der Waals surface area contributed by atoms with Crippen molar-refractivity contribution in [2.45, 2.75) is 19.8 Å². The van der Waals surface area contributed by atoms with E-state index in [0.717, 1.165) is 11.3 Å². The van der Waals surface area contributed by atoms with Crippen LogP contribution in [0.4, 0.5) is 0 Å². The van der Waals surface area contributed by atoms with Crippen LogP contribution in [0.1, 0.15) is 35.7 Å². The van der Waals surface area contributed by atoms with E-state index >= 15 is 0 Å². The summed E-state index contributed by atoms with van der Waals surface area (Å²) in [6, 6.07) is 17.0. The summed E-state index contributed by atoms with van der Waals surface area (Å²) in [5.74, 6) is 0.764. The number of rotatable bonds is 6. The van der Waals surface area contributed by atoms with E-state index < -0.39 is 0 Å². The molecule has 2 amide bonds. The van der Waals surface area contributed by atoms with Crippen LogP contribution in [0.5, 0.6) is 5.75 Å². The lowest BCUT2D eigenvalue weighted by molar-refractivity contribution is -0.125. The minimum Gasteiger partial charge on any atom is -0.497 e. The van der Waals surface area contributed by atoms with Gasteiger partial charge in [0.2, 0.25) is 5.91 Å². The Bertz CT molecular complexity index is 820. The lowest BCUT2D eigenvalue weighted by atomic mass is 9.88. The molecule has 0 bridgehead atoms. The molecule has 1 N–H and O–H groups in total. The third kappa shape index (κ3) is 4.53. The van der Waals surface area contributed by atoms with Crippen LogP contribution in [-0.4, -0.2) is 43.5 Å². The zero-order valence-corrected chi connectivity index (χ0v) is 16.7. The molecule has 148 valence electrons. The molecular formula is C23H28N2O3. The molecule has 0 aromatic heterocycles. The van der Waals surface area contributed by atoms with E-state index in [-0.39, 0.29) is 23.7 Å². The van der Waals surface area contributed by atoms with E-state index in [4.69, 9.17) is 4.74 Å². The number of methoxy groups -OCH3 is 1. The molecule has 0 aliphatic carbocycles. The molecule has 0 spiro atoms. The lowest BCUT2D eigenvalue weighted by Gasteiger charge is -2.19. The van der Waals surface area contributed by atoms with Crippen molar-refractivity contribution in [1.29, 1.82) is 0 Å². The van der Waals surface area contributed by atoms with Gasteiger partial charge >= 0.3 is 0 Å². The molecule has 1 fully saturated rings. The normalized spacial score (nSPS) is 18.9. The van der Waals surface area contributed by atoms with Crippen molar-refractivity contribution in [2.24, 2.45) is 11.8 Å². The van der Waals surface area contributed by atoms with Gasteiger partial charge in [0, 0.05) is 31.1 Å². The monoisotopic (exact) mass is 380 g/mol. The summed E-state index contributed by atoms with van der Waals surface area (Å²) in [6.07, 6.45) is 0.